The second-order valence-electron chi connectivity index (χ2n) is 7.69. The van der Waals surface area contributed by atoms with Crippen molar-refractivity contribution in [3.8, 4) is 11.5 Å². The van der Waals surface area contributed by atoms with E-state index in [1.165, 1.54) is 57.1 Å². The molecule has 0 bridgehead atoms. The molecule has 0 saturated heterocycles. The van der Waals surface area contributed by atoms with Crippen LogP contribution in [0, 0.1) is 11.8 Å². The van der Waals surface area contributed by atoms with Gasteiger partial charge in [0.15, 0.2) is 11.5 Å². The summed E-state index contributed by atoms with van der Waals surface area (Å²) in [6.45, 7) is 0.222. The Kier molecular flexibility index (Phi) is 5.42. The van der Waals surface area contributed by atoms with Crippen molar-refractivity contribution >= 4 is 11.6 Å². The number of carbonyl (C=O) groups excluding carboxylic acids is 1. The van der Waals surface area contributed by atoms with Gasteiger partial charge in [-0.1, -0.05) is 37.8 Å². The Morgan fingerprint density at radius 3 is 2.62 bits per heavy atom. The number of amides is 1. The molecule has 1 aromatic rings. The molecule has 0 radical (unpaired) electrons. The first kappa shape index (κ1) is 17.4. The normalized spacial score (nSPS) is 27.9. The number of nitrogens with one attached hydrogen (secondary N) is 1. The predicted octanol–water partition coefficient (Wildman–Crippen LogP) is 4.07. The lowest BCUT2D eigenvalue weighted by molar-refractivity contribution is -0.130. The number of ether oxygens (including phenoxy) is 2. The number of nitrogens with zero attached hydrogens (tertiary/aromatic N) is 1. The standard InChI is InChI=1S/C21H28N2O3/c24-21(20-14-25-18-12-6-7-13-19(18)26-20)23-22-17-11-5-4-10-16(17)15-8-2-1-3-9-15/h6-7,12-13,15-16,20H,1-5,8-11,14H2,(H,23,24)/b22-17-/t16-,20+/m0/s1. The lowest BCUT2D eigenvalue weighted by atomic mass is 9.72. The topological polar surface area (TPSA) is 59.9 Å². The monoisotopic (exact) mass is 356 g/mol. The van der Waals surface area contributed by atoms with Crippen LogP contribution in [0.3, 0.4) is 0 Å². The molecule has 1 aromatic carbocycles. The molecule has 0 spiro atoms. The molecule has 2 saturated carbocycles. The highest BCUT2D eigenvalue weighted by atomic mass is 16.6. The molecule has 26 heavy (non-hydrogen) atoms. The smallest absolute Gasteiger partial charge is 0.284 e. The van der Waals surface area contributed by atoms with Crippen LogP contribution in [0.25, 0.3) is 0 Å². The number of para-hydroxylation sites is 2. The molecule has 5 heteroatoms. The van der Waals surface area contributed by atoms with Gasteiger partial charge >= 0.3 is 0 Å². The molecule has 0 unspecified atom stereocenters. The lowest BCUT2D eigenvalue weighted by Crippen LogP contribution is -2.43. The number of rotatable bonds is 3. The summed E-state index contributed by atoms with van der Waals surface area (Å²) in [6.07, 6.45) is 10.7. The Balaban J connectivity index is 1.39. The van der Waals surface area contributed by atoms with Crippen LogP contribution in [-0.4, -0.2) is 24.3 Å². The fraction of sp³-hybridized carbons (Fsp3) is 0.619. The van der Waals surface area contributed by atoms with E-state index in [0.29, 0.717) is 17.4 Å². The van der Waals surface area contributed by atoms with Gasteiger partial charge in [-0.15, -0.1) is 0 Å². The van der Waals surface area contributed by atoms with Crippen LogP contribution in [0.1, 0.15) is 57.8 Å². The van der Waals surface area contributed by atoms with E-state index in [-0.39, 0.29) is 12.5 Å². The van der Waals surface area contributed by atoms with Crippen LogP contribution in [0.4, 0.5) is 0 Å². The molecule has 1 heterocycles. The quantitative estimate of drug-likeness (QED) is 0.831. The third kappa shape index (κ3) is 3.87. The molecule has 2 atom stereocenters. The average molecular weight is 356 g/mol. The lowest BCUT2D eigenvalue weighted by Gasteiger charge is -2.34. The van der Waals surface area contributed by atoms with Crippen LogP contribution in [-0.2, 0) is 4.79 Å². The number of hydrogen-bond acceptors (Lipinski definition) is 4. The Bertz CT molecular complexity index is 667. The number of hydrogen-bond donors (Lipinski definition) is 1. The van der Waals surface area contributed by atoms with Crippen molar-refractivity contribution in [2.45, 2.75) is 63.9 Å². The minimum atomic E-state index is -0.647. The number of hydrazone groups is 1. The van der Waals surface area contributed by atoms with Gasteiger partial charge in [0.1, 0.15) is 6.61 Å². The minimum absolute atomic E-state index is 0.222. The summed E-state index contributed by atoms with van der Waals surface area (Å²) in [4.78, 5) is 12.5. The maximum Gasteiger partial charge on any atom is 0.284 e. The van der Waals surface area contributed by atoms with E-state index in [2.05, 4.69) is 10.5 Å². The van der Waals surface area contributed by atoms with Crippen molar-refractivity contribution in [1.29, 1.82) is 0 Å². The third-order valence-electron chi connectivity index (χ3n) is 5.96. The van der Waals surface area contributed by atoms with E-state index < -0.39 is 6.10 Å². The van der Waals surface area contributed by atoms with E-state index in [1.807, 2.05) is 24.3 Å². The fourth-order valence-corrected chi connectivity index (χ4v) is 4.55. The predicted molar refractivity (Wildman–Crippen MR) is 100 cm³/mol. The Hall–Kier alpha value is -2.04. The molecule has 2 fully saturated rings. The molecule has 2 aliphatic carbocycles. The number of carbonyl (C=O) groups is 1. The Morgan fingerprint density at radius 1 is 1.00 bits per heavy atom. The summed E-state index contributed by atoms with van der Waals surface area (Å²) in [5.74, 6) is 2.38. The van der Waals surface area contributed by atoms with Crippen molar-refractivity contribution in [1.82, 2.24) is 5.43 Å². The summed E-state index contributed by atoms with van der Waals surface area (Å²) in [7, 11) is 0. The second-order valence-corrected chi connectivity index (χ2v) is 7.69. The van der Waals surface area contributed by atoms with Crippen LogP contribution < -0.4 is 14.9 Å². The van der Waals surface area contributed by atoms with Gasteiger partial charge in [-0.3, -0.25) is 4.79 Å². The number of fused-ring (bicyclic) bond motifs is 1. The van der Waals surface area contributed by atoms with E-state index in [1.54, 1.807) is 0 Å². The van der Waals surface area contributed by atoms with Crippen LogP contribution in [0.2, 0.25) is 0 Å². The molecule has 1 amide bonds. The van der Waals surface area contributed by atoms with Gasteiger partial charge in [-0.05, 0) is 50.2 Å². The molecule has 0 aromatic heterocycles. The molecule has 1 aliphatic heterocycles. The highest BCUT2D eigenvalue weighted by molar-refractivity contribution is 5.90. The largest absolute Gasteiger partial charge is 0.485 e. The molecule has 140 valence electrons. The van der Waals surface area contributed by atoms with Gasteiger partial charge < -0.3 is 9.47 Å². The van der Waals surface area contributed by atoms with E-state index in [9.17, 15) is 4.79 Å². The maximum atomic E-state index is 12.5. The third-order valence-corrected chi connectivity index (χ3v) is 5.96. The van der Waals surface area contributed by atoms with Crippen molar-refractivity contribution in [3.63, 3.8) is 0 Å². The molecular weight excluding hydrogens is 328 g/mol. The molecule has 4 rings (SSSR count). The van der Waals surface area contributed by atoms with Crippen LogP contribution >= 0.6 is 0 Å². The SMILES string of the molecule is O=C(N/N=C1/CCCC[C@H]1C1CCCCC1)[C@H]1COc2ccccc2O1. The average Bonchev–Trinajstić information content (AvgIpc) is 2.72. The summed E-state index contributed by atoms with van der Waals surface area (Å²) >= 11 is 0. The number of benzene rings is 1. The van der Waals surface area contributed by atoms with Crippen molar-refractivity contribution in [2.24, 2.45) is 16.9 Å². The van der Waals surface area contributed by atoms with Crippen molar-refractivity contribution in [2.75, 3.05) is 6.61 Å². The molecule has 3 aliphatic rings. The van der Waals surface area contributed by atoms with Crippen molar-refractivity contribution in [3.05, 3.63) is 24.3 Å². The second kappa shape index (κ2) is 8.11. The van der Waals surface area contributed by atoms with Crippen molar-refractivity contribution < 1.29 is 14.3 Å². The molecular formula is C21H28N2O3. The van der Waals surface area contributed by atoms with Gasteiger partial charge in [0.05, 0.1) is 0 Å². The van der Waals surface area contributed by atoms with Gasteiger partial charge in [-0.2, -0.15) is 5.10 Å². The Labute approximate surface area is 155 Å². The van der Waals surface area contributed by atoms with Crippen LogP contribution in [0.5, 0.6) is 11.5 Å². The van der Waals surface area contributed by atoms with Crippen LogP contribution in [0.15, 0.2) is 29.4 Å². The first-order chi connectivity index (χ1) is 12.8. The van der Waals surface area contributed by atoms with Gasteiger partial charge in [0.2, 0.25) is 6.10 Å². The first-order valence-electron chi connectivity index (χ1n) is 10.1. The molecule has 1 N–H and O–H groups in total. The fourth-order valence-electron chi connectivity index (χ4n) is 4.55. The zero-order valence-corrected chi connectivity index (χ0v) is 15.3. The van der Waals surface area contributed by atoms with E-state index in [4.69, 9.17) is 9.47 Å². The highest BCUT2D eigenvalue weighted by Crippen LogP contribution is 2.37. The van der Waals surface area contributed by atoms with E-state index >= 15 is 0 Å². The Morgan fingerprint density at radius 2 is 1.77 bits per heavy atom. The summed E-state index contributed by atoms with van der Waals surface area (Å²) < 4.78 is 11.4. The molecule has 5 nitrogen and oxygen atoms in total. The van der Waals surface area contributed by atoms with Gasteiger partial charge in [0.25, 0.3) is 5.91 Å². The maximum absolute atomic E-state index is 12.5. The summed E-state index contributed by atoms with van der Waals surface area (Å²) in [6, 6.07) is 7.43. The summed E-state index contributed by atoms with van der Waals surface area (Å²) in [5, 5.41) is 4.55. The summed E-state index contributed by atoms with van der Waals surface area (Å²) in [5.41, 5.74) is 3.95. The van der Waals surface area contributed by atoms with Gasteiger partial charge in [0, 0.05) is 11.6 Å². The zero-order chi connectivity index (χ0) is 17.8. The van der Waals surface area contributed by atoms with Gasteiger partial charge in [-0.25, -0.2) is 5.43 Å². The first-order valence-corrected chi connectivity index (χ1v) is 10.1. The zero-order valence-electron chi connectivity index (χ0n) is 15.3. The minimum Gasteiger partial charge on any atom is -0.485 e. The highest BCUT2D eigenvalue weighted by Gasteiger charge is 2.31. The van der Waals surface area contributed by atoms with E-state index in [0.717, 1.165) is 12.3 Å².